The number of hydrogen-bond donors (Lipinski definition) is 0. The Morgan fingerprint density at radius 1 is 1.33 bits per heavy atom. The largest absolute Gasteiger partial charge is 0.0726 e. The van der Waals surface area contributed by atoms with Crippen LogP contribution >= 0.6 is 0 Å². The standard InChI is InChI=1S/C12H14/c1-7(2)11-9-5-3-8-4-6-10(11)12(8)9/h3,5,10,12H,4,6H2,1-2H3. The van der Waals surface area contributed by atoms with E-state index in [9.17, 15) is 0 Å². The molecular weight excluding hydrogens is 144 g/mol. The molecule has 0 bridgehead atoms. The second-order valence-electron chi connectivity index (χ2n) is 4.40. The Labute approximate surface area is 73.7 Å². The summed E-state index contributed by atoms with van der Waals surface area (Å²) in [6, 6.07) is 0. The monoisotopic (exact) mass is 158 g/mol. The topological polar surface area (TPSA) is 0 Å². The number of hydrogen-bond acceptors (Lipinski definition) is 0. The van der Waals surface area contributed by atoms with Gasteiger partial charge in [-0.15, -0.1) is 0 Å². The van der Waals surface area contributed by atoms with Crippen LogP contribution in [0.3, 0.4) is 0 Å². The predicted octanol–water partition coefficient (Wildman–Crippen LogP) is 3.23. The molecule has 0 saturated heterocycles. The van der Waals surface area contributed by atoms with Gasteiger partial charge in [0.15, 0.2) is 0 Å². The highest BCUT2D eigenvalue weighted by atomic mass is 14.5. The van der Waals surface area contributed by atoms with Gasteiger partial charge in [-0.05, 0) is 43.8 Å². The van der Waals surface area contributed by atoms with Gasteiger partial charge in [0.1, 0.15) is 0 Å². The van der Waals surface area contributed by atoms with Gasteiger partial charge >= 0.3 is 0 Å². The van der Waals surface area contributed by atoms with Crippen LogP contribution in [0.1, 0.15) is 26.7 Å². The number of rotatable bonds is 0. The molecule has 2 saturated carbocycles. The van der Waals surface area contributed by atoms with Crippen molar-refractivity contribution >= 4 is 0 Å². The summed E-state index contributed by atoms with van der Waals surface area (Å²) in [4.78, 5) is 0. The van der Waals surface area contributed by atoms with E-state index in [1.54, 1.807) is 22.3 Å². The first-order valence-electron chi connectivity index (χ1n) is 4.87. The van der Waals surface area contributed by atoms with Gasteiger partial charge in [0, 0.05) is 5.92 Å². The van der Waals surface area contributed by atoms with Crippen LogP contribution in [0.2, 0.25) is 0 Å². The summed E-state index contributed by atoms with van der Waals surface area (Å²) in [6.45, 7) is 4.51. The van der Waals surface area contributed by atoms with E-state index in [0.717, 1.165) is 11.8 Å². The second-order valence-corrected chi connectivity index (χ2v) is 4.40. The van der Waals surface area contributed by atoms with Crippen molar-refractivity contribution in [3.05, 3.63) is 34.4 Å². The molecule has 0 amide bonds. The van der Waals surface area contributed by atoms with Crippen LogP contribution in [0.15, 0.2) is 34.4 Å². The maximum atomic E-state index is 2.36. The van der Waals surface area contributed by atoms with Gasteiger partial charge in [0.2, 0.25) is 0 Å². The second kappa shape index (κ2) is 1.93. The van der Waals surface area contributed by atoms with Gasteiger partial charge in [0.05, 0.1) is 0 Å². The van der Waals surface area contributed by atoms with E-state index < -0.39 is 0 Å². The molecule has 0 heteroatoms. The first-order chi connectivity index (χ1) is 5.79. The quantitative estimate of drug-likeness (QED) is 0.507. The summed E-state index contributed by atoms with van der Waals surface area (Å²) in [6.07, 6.45) is 7.47. The van der Waals surface area contributed by atoms with Crippen LogP contribution in [0, 0.1) is 11.8 Å². The SMILES string of the molecule is CC(C)=C1C2=CC=C3CCC1C32. The lowest BCUT2D eigenvalue weighted by Gasteiger charge is -2.37. The van der Waals surface area contributed by atoms with Crippen molar-refractivity contribution in [3.8, 4) is 0 Å². The Kier molecular flexibility index (Phi) is 1.08. The lowest BCUT2D eigenvalue weighted by molar-refractivity contribution is 0.463. The van der Waals surface area contributed by atoms with Gasteiger partial charge in [-0.2, -0.15) is 0 Å². The van der Waals surface area contributed by atoms with E-state index in [4.69, 9.17) is 0 Å². The zero-order chi connectivity index (χ0) is 8.29. The van der Waals surface area contributed by atoms with Crippen molar-refractivity contribution in [2.24, 2.45) is 11.8 Å². The highest BCUT2D eigenvalue weighted by Crippen LogP contribution is 2.60. The van der Waals surface area contributed by atoms with Crippen LogP contribution < -0.4 is 0 Å². The first-order valence-corrected chi connectivity index (χ1v) is 4.87. The predicted molar refractivity (Wildman–Crippen MR) is 50.8 cm³/mol. The van der Waals surface area contributed by atoms with E-state index >= 15 is 0 Å². The molecular formula is C12H14. The van der Waals surface area contributed by atoms with E-state index in [-0.39, 0.29) is 0 Å². The zero-order valence-electron chi connectivity index (χ0n) is 7.72. The molecule has 2 fully saturated rings. The van der Waals surface area contributed by atoms with Crippen LogP contribution in [0.25, 0.3) is 0 Å². The van der Waals surface area contributed by atoms with Gasteiger partial charge < -0.3 is 0 Å². The summed E-state index contributed by atoms with van der Waals surface area (Å²) < 4.78 is 0. The van der Waals surface area contributed by atoms with Crippen molar-refractivity contribution in [2.45, 2.75) is 26.7 Å². The molecule has 2 unspecified atom stereocenters. The molecule has 0 radical (unpaired) electrons. The minimum atomic E-state index is 0.870. The van der Waals surface area contributed by atoms with Crippen molar-refractivity contribution in [1.82, 2.24) is 0 Å². The molecule has 3 rings (SSSR count). The Morgan fingerprint density at radius 3 is 2.92 bits per heavy atom. The zero-order valence-corrected chi connectivity index (χ0v) is 7.72. The molecule has 0 aromatic heterocycles. The highest BCUT2D eigenvalue weighted by molar-refractivity contribution is 5.60. The first kappa shape index (κ1) is 6.71. The fourth-order valence-electron chi connectivity index (χ4n) is 3.15. The molecule has 0 N–H and O–H groups in total. The summed E-state index contributed by atoms with van der Waals surface area (Å²) >= 11 is 0. The molecule has 62 valence electrons. The van der Waals surface area contributed by atoms with Crippen molar-refractivity contribution in [3.63, 3.8) is 0 Å². The molecule has 0 heterocycles. The fraction of sp³-hybridized carbons (Fsp3) is 0.500. The molecule has 0 aliphatic heterocycles. The van der Waals surface area contributed by atoms with Crippen LogP contribution in [-0.4, -0.2) is 0 Å². The summed E-state index contributed by atoms with van der Waals surface area (Å²) in [7, 11) is 0. The maximum absolute atomic E-state index is 2.36. The minimum Gasteiger partial charge on any atom is -0.0726 e. The van der Waals surface area contributed by atoms with E-state index in [1.807, 2.05) is 0 Å². The van der Waals surface area contributed by atoms with Crippen molar-refractivity contribution in [2.75, 3.05) is 0 Å². The molecule has 0 nitrogen and oxygen atoms in total. The van der Waals surface area contributed by atoms with Crippen LogP contribution in [0.5, 0.6) is 0 Å². The molecule has 2 atom stereocenters. The Bertz CT molecular complexity index is 335. The highest BCUT2D eigenvalue weighted by Gasteiger charge is 2.48. The van der Waals surface area contributed by atoms with Crippen LogP contribution in [0.4, 0.5) is 0 Å². The molecule has 0 aromatic carbocycles. The van der Waals surface area contributed by atoms with Crippen molar-refractivity contribution < 1.29 is 0 Å². The lowest BCUT2D eigenvalue weighted by atomic mass is 9.66. The third-order valence-corrected chi connectivity index (χ3v) is 3.58. The molecule has 3 aliphatic rings. The van der Waals surface area contributed by atoms with E-state index in [2.05, 4.69) is 26.0 Å². The Morgan fingerprint density at radius 2 is 2.17 bits per heavy atom. The van der Waals surface area contributed by atoms with Gasteiger partial charge in [-0.1, -0.05) is 23.3 Å². The van der Waals surface area contributed by atoms with Crippen LogP contribution in [-0.2, 0) is 0 Å². The molecule has 3 aliphatic carbocycles. The average Bonchev–Trinajstić information content (AvgIpc) is 2.36. The van der Waals surface area contributed by atoms with Gasteiger partial charge in [0.25, 0.3) is 0 Å². The normalized spacial score (nSPS) is 35.7. The Balaban J connectivity index is 2.12. The van der Waals surface area contributed by atoms with E-state index in [1.165, 1.54) is 12.8 Å². The maximum Gasteiger partial charge on any atom is 0.0123 e. The molecule has 0 spiro atoms. The molecule has 0 aromatic rings. The summed E-state index contributed by atoms with van der Waals surface area (Å²) in [5.74, 6) is 1.78. The summed E-state index contributed by atoms with van der Waals surface area (Å²) in [5.41, 5.74) is 6.58. The average molecular weight is 158 g/mol. The third kappa shape index (κ3) is 0.565. The lowest BCUT2D eigenvalue weighted by Crippen LogP contribution is -2.27. The smallest absolute Gasteiger partial charge is 0.0123 e. The summed E-state index contributed by atoms with van der Waals surface area (Å²) in [5, 5.41) is 0. The van der Waals surface area contributed by atoms with Gasteiger partial charge in [-0.25, -0.2) is 0 Å². The van der Waals surface area contributed by atoms with Gasteiger partial charge in [-0.3, -0.25) is 0 Å². The van der Waals surface area contributed by atoms with Crippen molar-refractivity contribution in [1.29, 1.82) is 0 Å². The van der Waals surface area contributed by atoms with E-state index in [0.29, 0.717) is 0 Å². The Hall–Kier alpha value is -0.780. The molecule has 12 heavy (non-hydrogen) atoms. The number of allylic oxidation sites excluding steroid dienone is 6. The third-order valence-electron chi connectivity index (χ3n) is 3.58. The minimum absolute atomic E-state index is 0.870. The fourth-order valence-corrected chi connectivity index (χ4v) is 3.15.